The molecule has 2 aliphatic rings. The Kier molecular flexibility index (Phi) is 3.38. The Hall–Kier alpha value is -1.30. The highest BCUT2D eigenvalue weighted by molar-refractivity contribution is 6.36. The Labute approximate surface area is 144 Å². The van der Waals surface area contributed by atoms with Gasteiger partial charge in [-0.25, -0.2) is 4.98 Å². The molecule has 1 amide bonds. The normalized spacial score (nSPS) is 26.0. The molecule has 0 bridgehead atoms. The summed E-state index contributed by atoms with van der Waals surface area (Å²) in [6.07, 6.45) is 3.38. The van der Waals surface area contributed by atoms with Gasteiger partial charge in [-0.2, -0.15) is 0 Å². The maximum atomic E-state index is 13.0. The lowest BCUT2D eigenvalue weighted by Crippen LogP contribution is -2.38. The van der Waals surface area contributed by atoms with Gasteiger partial charge in [-0.3, -0.25) is 4.79 Å². The molecule has 4 rings (SSSR count). The minimum absolute atomic E-state index is 0.0525. The van der Waals surface area contributed by atoms with Gasteiger partial charge < -0.3 is 14.0 Å². The summed E-state index contributed by atoms with van der Waals surface area (Å²) in [4.78, 5) is 19.3. The molecule has 0 N–H and O–H groups in total. The number of carbonyl (C=O) groups is 1. The Bertz CT molecular complexity index is 802. The topological polar surface area (TPSA) is 46.8 Å². The predicted octanol–water partition coefficient (Wildman–Crippen LogP) is 3.14. The molecule has 2 atom stereocenters. The molecule has 2 aliphatic heterocycles. The minimum Gasteiger partial charge on any atom is -0.379 e. The third kappa shape index (κ3) is 2.33. The van der Waals surface area contributed by atoms with Crippen molar-refractivity contribution in [3.8, 4) is 0 Å². The maximum absolute atomic E-state index is 13.0. The van der Waals surface area contributed by atoms with Crippen molar-refractivity contribution < 1.29 is 9.53 Å². The second-order valence-corrected chi connectivity index (χ2v) is 7.84. The highest BCUT2D eigenvalue weighted by Crippen LogP contribution is 2.43. The smallest absolute Gasteiger partial charge is 0.274 e. The molecule has 23 heavy (non-hydrogen) atoms. The fourth-order valence-electron chi connectivity index (χ4n) is 3.77. The van der Waals surface area contributed by atoms with Gasteiger partial charge in [-0.05, 0) is 11.5 Å². The standard InChI is InChI=1S/C16H17Cl2N3O2/c1-16(2)8-21(13-7-23-6-10(13)16)15(22)12-5-20-4-9(17)3-11(18)14(20)19-12/h3-5,10,13H,6-8H2,1-2H3/t10-,13+/m0/s1. The van der Waals surface area contributed by atoms with E-state index in [4.69, 9.17) is 27.9 Å². The average molecular weight is 354 g/mol. The van der Waals surface area contributed by atoms with Crippen molar-refractivity contribution in [2.75, 3.05) is 19.8 Å². The monoisotopic (exact) mass is 353 g/mol. The molecule has 0 spiro atoms. The first kappa shape index (κ1) is 15.2. The van der Waals surface area contributed by atoms with Crippen molar-refractivity contribution in [3.63, 3.8) is 0 Å². The van der Waals surface area contributed by atoms with Crippen molar-refractivity contribution >= 4 is 34.8 Å². The number of hydrogen-bond acceptors (Lipinski definition) is 3. The number of likely N-dealkylation sites (tertiary alicyclic amines) is 1. The number of imidazole rings is 1. The summed E-state index contributed by atoms with van der Waals surface area (Å²) in [5.74, 6) is 0.300. The Morgan fingerprint density at radius 3 is 2.91 bits per heavy atom. The van der Waals surface area contributed by atoms with E-state index in [9.17, 15) is 4.79 Å². The van der Waals surface area contributed by atoms with Crippen LogP contribution in [0.1, 0.15) is 24.3 Å². The Balaban J connectivity index is 1.71. The van der Waals surface area contributed by atoms with E-state index in [1.54, 1.807) is 22.9 Å². The van der Waals surface area contributed by atoms with Crippen molar-refractivity contribution in [2.24, 2.45) is 11.3 Å². The maximum Gasteiger partial charge on any atom is 0.274 e. The number of ether oxygens (including phenoxy) is 1. The SMILES string of the molecule is CC1(C)CN(C(=O)c2cn3cc(Cl)cc(Cl)c3n2)[C@@H]2COC[C@@H]21. The summed E-state index contributed by atoms with van der Waals surface area (Å²) in [6, 6.07) is 1.75. The zero-order chi connectivity index (χ0) is 16.4. The quantitative estimate of drug-likeness (QED) is 0.791. The number of hydrogen-bond donors (Lipinski definition) is 0. The number of halogens is 2. The van der Waals surface area contributed by atoms with Crippen molar-refractivity contribution in [1.29, 1.82) is 0 Å². The lowest BCUT2D eigenvalue weighted by Gasteiger charge is -2.23. The van der Waals surface area contributed by atoms with Gasteiger partial charge in [0.05, 0.1) is 29.3 Å². The first-order valence-corrected chi connectivity index (χ1v) is 8.35. The van der Waals surface area contributed by atoms with Crippen LogP contribution >= 0.6 is 23.2 Å². The van der Waals surface area contributed by atoms with Gasteiger partial charge in [0.15, 0.2) is 5.65 Å². The molecule has 5 nitrogen and oxygen atoms in total. The summed E-state index contributed by atoms with van der Waals surface area (Å²) in [5.41, 5.74) is 0.978. The molecule has 122 valence electrons. The molecule has 0 aliphatic carbocycles. The number of nitrogens with zero attached hydrogens (tertiary/aromatic N) is 3. The first-order valence-electron chi connectivity index (χ1n) is 7.59. The van der Waals surface area contributed by atoms with Crippen LogP contribution in [0.2, 0.25) is 10.0 Å². The van der Waals surface area contributed by atoms with E-state index in [1.165, 1.54) is 0 Å². The van der Waals surface area contributed by atoms with Crippen LogP contribution in [0.4, 0.5) is 0 Å². The fourth-order valence-corrected chi connectivity index (χ4v) is 4.29. The molecular weight excluding hydrogens is 337 g/mol. The van der Waals surface area contributed by atoms with Gasteiger partial charge in [-0.1, -0.05) is 37.0 Å². The number of pyridine rings is 1. The van der Waals surface area contributed by atoms with E-state index < -0.39 is 0 Å². The van der Waals surface area contributed by atoms with E-state index in [2.05, 4.69) is 18.8 Å². The highest BCUT2D eigenvalue weighted by Gasteiger charge is 2.51. The minimum atomic E-state index is -0.0769. The molecule has 4 heterocycles. The van der Waals surface area contributed by atoms with Crippen LogP contribution in [0.25, 0.3) is 5.65 Å². The second kappa shape index (κ2) is 5.10. The zero-order valence-electron chi connectivity index (χ0n) is 12.9. The van der Waals surface area contributed by atoms with E-state index in [0.717, 1.165) is 0 Å². The van der Waals surface area contributed by atoms with Gasteiger partial charge in [0.1, 0.15) is 5.69 Å². The first-order chi connectivity index (χ1) is 10.9. The molecule has 0 saturated carbocycles. The van der Waals surface area contributed by atoms with E-state index in [-0.39, 0.29) is 17.4 Å². The molecule has 0 aromatic carbocycles. The molecule has 0 unspecified atom stereocenters. The van der Waals surface area contributed by atoms with Crippen LogP contribution < -0.4 is 0 Å². The van der Waals surface area contributed by atoms with Crippen LogP contribution in [-0.4, -0.2) is 46.0 Å². The van der Waals surface area contributed by atoms with Crippen LogP contribution in [0.5, 0.6) is 0 Å². The van der Waals surface area contributed by atoms with Crippen LogP contribution in [0.3, 0.4) is 0 Å². The molecule has 0 radical (unpaired) electrons. The Morgan fingerprint density at radius 2 is 2.13 bits per heavy atom. The van der Waals surface area contributed by atoms with E-state index in [0.29, 0.717) is 47.1 Å². The van der Waals surface area contributed by atoms with Crippen LogP contribution in [-0.2, 0) is 4.74 Å². The number of fused-ring (bicyclic) bond motifs is 2. The number of amides is 1. The molecular formula is C16H17Cl2N3O2. The second-order valence-electron chi connectivity index (χ2n) is 7.00. The predicted molar refractivity (Wildman–Crippen MR) is 88.1 cm³/mol. The lowest BCUT2D eigenvalue weighted by molar-refractivity contribution is 0.0660. The van der Waals surface area contributed by atoms with Gasteiger partial charge in [0, 0.05) is 24.9 Å². The van der Waals surface area contributed by atoms with Gasteiger partial charge in [0.2, 0.25) is 0 Å². The van der Waals surface area contributed by atoms with Crippen molar-refractivity contribution in [1.82, 2.24) is 14.3 Å². The lowest BCUT2D eigenvalue weighted by atomic mass is 9.80. The van der Waals surface area contributed by atoms with Crippen molar-refractivity contribution in [2.45, 2.75) is 19.9 Å². The molecule has 2 aromatic rings. The summed E-state index contributed by atoms with van der Waals surface area (Å²) < 4.78 is 7.30. The third-order valence-corrected chi connectivity index (χ3v) is 5.47. The summed E-state index contributed by atoms with van der Waals surface area (Å²) in [6.45, 7) is 6.40. The molecule has 7 heteroatoms. The van der Waals surface area contributed by atoms with E-state index >= 15 is 0 Å². The fraction of sp³-hybridized carbons (Fsp3) is 0.500. The molecule has 2 fully saturated rings. The number of carbonyl (C=O) groups excluding carboxylic acids is 1. The molecule has 2 aromatic heterocycles. The van der Waals surface area contributed by atoms with Gasteiger partial charge in [-0.15, -0.1) is 0 Å². The van der Waals surface area contributed by atoms with Crippen LogP contribution in [0.15, 0.2) is 18.5 Å². The summed E-state index contributed by atoms with van der Waals surface area (Å²) in [5, 5.41) is 0.936. The summed E-state index contributed by atoms with van der Waals surface area (Å²) in [7, 11) is 0. The molecule has 2 saturated heterocycles. The number of aromatic nitrogens is 2. The highest BCUT2D eigenvalue weighted by atomic mass is 35.5. The number of rotatable bonds is 1. The van der Waals surface area contributed by atoms with E-state index in [1.807, 2.05) is 4.90 Å². The van der Waals surface area contributed by atoms with Crippen LogP contribution in [0, 0.1) is 11.3 Å². The summed E-state index contributed by atoms with van der Waals surface area (Å²) >= 11 is 12.2. The average Bonchev–Trinajstić information content (AvgIpc) is 3.14. The van der Waals surface area contributed by atoms with Gasteiger partial charge in [0.25, 0.3) is 5.91 Å². The van der Waals surface area contributed by atoms with Crippen molar-refractivity contribution in [3.05, 3.63) is 34.2 Å². The third-order valence-electron chi connectivity index (χ3n) is 4.99. The zero-order valence-corrected chi connectivity index (χ0v) is 14.4. The van der Waals surface area contributed by atoms with Gasteiger partial charge >= 0.3 is 0 Å². The largest absolute Gasteiger partial charge is 0.379 e. The Morgan fingerprint density at radius 1 is 1.35 bits per heavy atom.